The van der Waals surface area contributed by atoms with Crippen molar-refractivity contribution < 1.29 is 4.39 Å². The lowest BCUT2D eigenvalue weighted by Crippen LogP contribution is -2.34. The van der Waals surface area contributed by atoms with E-state index in [-0.39, 0.29) is 5.82 Å². The van der Waals surface area contributed by atoms with Crippen LogP contribution in [0.25, 0.3) is 0 Å². The molecule has 2 rings (SSSR count). The Labute approximate surface area is 120 Å². The van der Waals surface area contributed by atoms with Crippen LogP contribution >= 0.6 is 0 Å². The summed E-state index contributed by atoms with van der Waals surface area (Å²) in [4.78, 5) is 0. The molecule has 2 unspecified atom stereocenters. The molecule has 0 heterocycles. The molecule has 0 aliphatic heterocycles. The normalized spacial score (nSPS) is 13.9. The van der Waals surface area contributed by atoms with Crippen LogP contribution in [0.5, 0.6) is 0 Å². The molecule has 20 heavy (non-hydrogen) atoms. The highest BCUT2D eigenvalue weighted by atomic mass is 19.1. The molecule has 0 amide bonds. The van der Waals surface area contributed by atoms with Gasteiger partial charge in [0.15, 0.2) is 0 Å². The Hall–Kier alpha value is -1.67. The highest BCUT2D eigenvalue weighted by Gasteiger charge is 2.20. The molecule has 0 spiro atoms. The zero-order chi connectivity index (χ0) is 14.4. The third-order valence-corrected chi connectivity index (χ3v) is 3.87. The minimum absolute atomic E-state index is 0.162. The third-order valence-electron chi connectivity index (χ3n) is 3.87. The van der Waals surface area contributed by atoms with E-state index in [1.165, 1.54) is 11.6 Å². The second-order valence-electron chi connectivity index (χ2n) is 5.15. The topological polar surface area (TPSA) is 12.0 Å². The summed E-state index contributed by atoms with van der Waals surface area (Å²) in [5.41, 5.74) is 2.38. The van der Waals surface area contributed by atoms with Gasteiger partial charge in [-0.1, -0.05) is 49.4 Å². The van der Waals surface area contributed by atoms with Crippen molar-refractivity contribution >= 4 is 0 Å². The fraction of sp³-hybridized carbons (Fsp3) is 0.333. The molecular formula is C18H22FN. The predicted molar refractivity (Wildman–Crippen MR) is 82.4 cm³/mol. The van der Waals surface area contributed by atoms with E-state index in [9.17, 15) is 4.39 Å². The number of hydrogen-bond donors (Lipinski definition) is 1. The van der Waals surface area contributed by atoms with E-state index in [1.807, 2.05) is 19.2 Å². The maximum atomic E-state index is 13.3. The van der Waals surface area contributed by atoms with E-state index < -0.39 is 0 Å². The van der Waals surface area contributed by atoms with Gasteiger partial charge in [-0.15, -0.1) is 0 Å². The van der Waals surface area contributed by atoms with Crippen LogP contribution in [0.3, 0.4) is 0 Å². The molecule has 0 radical (unpaired) electrons. The quantitative estimate of drug-likeness (QED) is 0.832. The van der Waals surface area contributed by atoms with E-state index in [4.69, 9.17) is 0 Å². The summed E-state index contributed by atoms with van der Waals surface area (Å²) in [5, 5.41) is 3.40. The lowest BCUT2D eigenvalue weighted by Gasteiger charge is -2.26. The monoisotopic (exact) mass is 271 g/mol. The average Bonchev–Trinajstić information content (AvgIpc) is 2.48. The number of rotatable bonds is 6. The van der Waals surface area contributed by atoms with Gasteiger partial charge in [0, 0.05) is 6.04 Å². The highest BCUT2D eigenvalue weighted by molar-refractivity contribution is 5.24. The van der Waals surface area contributed by atoms with Gasteiger partial charge in [0.25, 0.3) is 0 Å². The van der Waals surface area contributed by atoms with Crippen LogP contribution in [-0.4, -0.2) is 13.1 Å². The van der Waals surface area contributed by atoms with E-state index in [1.54, 1.807) is 12.1 Å². The average molecular weight is 271 g/mol. The lowest BCUT2D eigenvalue weighted by atomic mass is 9.86. The van der Waals surface area contributed by atoms with Crippen molar-refractivity contribution in [2.45, 2.75) is 31.7 Å². The summed E-state index contributed by atoms with van der Waals surface area (Å²) >= 11 is 0. The summed E-state index contributed by atoms with van der Waals surface area (Å²) < 4.78 is 13.3. The second kappa shape index (κ2) is 7.20. The second-order valence-corrected chi connectivity index (χ2v) is 5.15. The number of nitrogens with one attached hydrogen (secondary N) is 1. The Morgan fingerprint density at radius 3 is 2.40 bits per heavy atom. The molecule has 2 heteroatoms. The lowest BCUT2D eigenvalue weighted by molar-refractivity contribution is 0.447. The van der Waals surface area contributed by atoms with Crippen LogP contribution < -0.4 is 5.32 Å². The largest absolute Gasteiger partial charge is 0.316 e. The summed E-state index contributed by atoms with van der Waals surface area (Å²) in [7, 11) is 1.98. The molecule has 0 fully saturated rings. The summed E-state index contributed by atoms with van der Waals surface area (Å²) in [6.45, 7) is 2.20. The van der Waals surface area contributed by atoms with Crippen molar-refractivity contribution in [3.8, 4) is 0 Å². The predicted octanol–water partition coefficient (Wildman–Crippen LogP) is 4.15. The fourth-order valence-corrected chi connectivity index (χ4v) is 2.82. The first-order chi connectivity index (χ1) is 9.74. The van der Waals surface area contributed by atoms with Crippen molar-refractivity contribution in [3.05, 3.63) is 71.5 Å². The van der Waals surface area contributed by atoms with Crippen molar-refractivity contribution in [1.29, 1.82) is 0 Å². The van der Waals surface area contributed by atoms with Crippen LogP contribution in [0, 0.1) is 5.82 Å². The Morgan fingerprint density at radius 2 is 1.80 bits per heavy atom. The minimum Gasteiger partial charge on any atom is -0.316 e. The molecule has 1 nitrogen and oxygen atoms in total. The van der Waals surface area contributed by atoms with Gasteiger partial charge in [0.1, 0.15) is 5.82 Å². The van der Waals surface area contributed by atoms with E-state index >= 15 is 0 Å². The van der Waals surface area contributed by atoms with Gasteiger partial charge >= 0.3 is 0 Å². The summed E-state index contributed by atoms with van der Waals surface area (Å²) in [5.74, 6) is 0.273. The zero-order valence-corrected chi connectivity index (χ0v) is 12.1. The van der Waals surface area contributed by atoms with E-state index in [0.29, 0.717) is 12.0 Å². The highest BCUT2D eigenvalue weighted by Crippen LogP contribution is 2.25. The molecule has 0 saturated carbocycles. The van der Waals surface area contributed by atoms with Crippen molar-refractivity contribution in [1.82, 2.24) is 5.32 Å². The smallest absolute Gasteiger partial charge is 0.123 e. The molecule has 2 aromatic carbocycles. The molecule has 2 aromatic rings. The molecule has 0 aromatic heterocycles. The minimum atomic E-state index is -0.162. The molecule has 1 N–H and O–H groups in total. The first kappa shape index (κ1) is 14.7. The van der Waals surface area contributed by atoms with Crippen molar-refractivity contribution in [2.75, 3.05) is 7.05 Å². The van der Waals surface area contributed by atoms with Gasteiger partial charge in [0.05, 0.1) is 0 Å². The van der Waals surface area contributed by atoms with E-state index in [0.717, 1.165) is 18.4 Å². The van der Waals surface area contributed by atoms with Crippen LogP contribution in [0.2, 0.25) is 0 Å². The first-order valence-electron chi connectivity index (χ1n) is 7.21. The molecular weight excluding hydrogens is 249 g/mol. The standard InChI is InChI=1S/C18H22FN/c1-3-17(15-9-5-4-6-10-15)18(20-2)13-14-8-7-11-16(19)12-14/h4-12,17-18,20H,3,13H2,1-2H3. The van der Waals surface area contributed by atoms with Gasteiger partial charge < -0.3 is 5.32 Å². The van der Waals surface area contributed by atoms with Crippen LogP contribution in [0.4, 0.5) is 4.39 Å². The summed E-state index contributed by atoms with van der Waals surface area (Å²) in [6.07, 6.45) is 1.90. The van der Waals surface area contributed by atoms with Crippen LogP contribution in [0.15, 0.2) is 54.6 Å². The van der Waals surface area contributed by atoms with Gasteiger partial charge in [0.2, 0.25) is 0 Å². The summed E-state index contributed by atoms with van der Waals surface area (Å²) in [6, 6.07) is 17.7. The van der Waals surface area contributed by atoms with Gasteiger partial charge in [-0.3, -0.25) is 0 Å². The Kier molecular flexibility index (Phi) is 5.31. The van der Waals surface area contributed by atoms with E-state index in [2.05, 4.69) is 36.5 Å². The molecule has 0 aliphatic carbocycles. The van der Waals surface area contributed by atoms with Crippen LogP contribution in [0.1, 0.15) is 30.4 Å². The van der Waals surface area contributed by atoms with Gasteiger partial charge in [-0.25, -0.2) is 4.39 Å². The Morgan fingerprint density at radius 1 is 1.05 bits per heavy atom. The van der Waals surface area contributed by atoms with Crippen molar-refractivity contribution in [3.63, 3.8) is 0 Å². The Bertz CT molecular complexity index is 524. The first-order valence-corrected chi connectivity index (χ1v) is 7.21. The number of halogens is 1. The number of likely N-dealkylation sites (N-methyl/N-ethyl adjacent to an activating group) is 1. The maximum Gasteiger partial charge on any atom is 0.123 e. The van der Waals surface area contributed by atoms with Crippen molar-refractivity contribution in [2.24, 2.45) is 0 Å². The zero-order valence-electron chi connectivity index (χ0n) is 12.1. The third kappa shape index (κ3) is 3.67. The van der Waals surface area contributed by atoms with Crippen LogP contribution in [-0.2, 0) is 6.42 Å². The fourth-order valence-electron chi connectivity index (χ4n) is 2.82. The molecule has 2 atom stereocenters. The molecule has 106 valence electrons. The molecule has 0 bridgehead atoms. The Balaban J connectivity index is 2.18. The van der Waals surface area contributed by atoms with Gasteiger partial charge in [-0.05, 0) is 49.1 Å². The number of hydrogen-bond acceptors (Lipinski definition) is 1. The van der Waals surface area contributed by atoms with Gasteiger partial charge in [-0.2, -0.15) is 0 Å². The SMILES string of the molecule is CCC(c1ccccc1)C(Cc1cccc(F)c1)NC. The molecule has 0 aliphatic rings. The number of benzene rings is 2. The maximum absolute atomic E-state index is 13.3. The molecule has 0 saturated heterocycles.